The van der Waals surface area contributed by atoms with Crippen LogP contribution in [0, 0.1) is 23.6 Å². The van der Waals surface area contributed by atoms with Crippen molar-refractivity contribution >= 4 is 11.8 Å². The van der Waals surface area contributed by atoms with Gasteiger partial charge in [-0.1, -0.05) is 25.7 Å². The predicted octanol–water partition coefficient (Wildman–Crippen LogP) is 0.409. The number of aliphatic hydroxyl groups is 1. The molecule has 0 saturated carbocycles. The van der Waals surface area contributed by atoms with Crippen LogP contribution in [0.3, 0.4) is 0 Å². The summed E-state index contributed by atoms with van der Waals surface area (Å²) in [5, 5.41) is 11.0. The lowest BCUT2D eigenvalue weighted by Crippen LogP contribution is -2.47. The zero-order valence-corrected chi connectivity index (χ0v) is 11.8. The Morgan fingerprint density at radius 3 is 2.57 bits per heavy atom. The summed E-state index contributed by atoms with van der Waals surface area (Å²) in [7, 11) is 0. The maximum absolute atomic E-state index is 13.7. The zero-order chi connectivity index (χ0) is 16.0. The number of halogens is 1. The largest absolute Gasteiger partial charge is 0.384 e. The molecule has 0 spiro atoms. The number of aliphatic hydroxyl groups excluding tert-OH is 1. The van der Waals surface area contributed by atoms with Crippen molar-refractivity contribution in [2.75, 3.05) is 6.61 Å². The van der Waals surface area contributed by atoms with E-state index in [9.17, 15) is 14.0 Å². The van der Waals surface area contributed by atoms with Crippen molar-refractivity contribution < 1.29 is 19.1 Å². The summed E-state index contributed by atoms with van der Waals surface area (Å²) in [5.41, 5.74) is 5.35. The van der Waals surface area contributed by atoms with E-state index in [-0.39, 0.29) is 23.7 Å². The molecule has 0 saturated heterocycles. The monoisotopic (exact) mass is 292 g/mol. The molecular formula is C15H17FN2O3. The highest BCUT2D eigenvalue weighted by Crippen LogP contribution is 2.10. The molecule has 2 amide bonds. The fraction of sp³-hybridized carbons (Fsp3) is 0.333. The molecule has 1 rings (SSSR count). The Hall–Kier alpha value is -2.39. The number of benzene rings is 1. The van der Waals surface area contributed by atoms with Crippen LogP contribution < -0.4 is 11.1 Å². The van der Waals surface area contributed by atoms with Crippen molar-refractivity contribution in [3.8, 4) is 11.8 Å². The maximum atomic E-state index is 13.7. The fourth-order valence-electron chi connectivity index (χ4n) is 1.68. The fourth-order valence-corrected chi connectivity index (χ4v) is 1.68. The Morgan fingerprint density at radius 2 is 2.10 bits per heavy atom. The maximum Gasteiger partial charge on any atom is 0.252 e. The van der Waals surface area contributed by atoms with Gasteiger partial charge in [0.2, 0.25) is 5.91 Å². The van der Waals surface area contributed by atoms with E-state index in [2.05, 4.69) is 17.2 Å². The molecule has 0 bridgehead atoms. The molecule has 5 nitrogen and oxygen atoms in total. The second-order valence-corrected chi connectivity index (χ2v) is 4.75. The van der Waals surface area contributed by atoms with Crippen molar-refractivity contribution in [1.29, 1.82) is 0 Å². The molecule has 4 N–H and O–H groups in total. The van der Waals surface area contributed by atoms with Crippen LogP contribution in [0.1, 0.15) is 29.8 Å². The SMILES string of the molecule is CC(C)C(NC(=O)c1ccc(C#CCO)c(F)c1)C(N)=O. The first kappa shape index (κ1) is 16.7. The van der Waals surface area contributed by atoms with E-state index in [1.165, 1.54) is 12.1 Å². The first-order valence-electron chi connectivity index (χ1n) is 6.36. The van der Waals surface area contributed by atoms with Gasteiger partial charge in [-0.2, -0.15) is 0 Å². The minimum atomic E-state index is -0.825. The normalized spacial score (nSPS) is 11.5. The lowest BCUT2D eigenvalue weighted by molar-refractivity contribution is -0.120. The van der Waals surface area contributed by atoms with E-state index in [1.807, 2.05) is 0 Å². The topological polar surface area (TPSA) is 92.4 Å². The Kier molecular flexibility index (Phi) is 5.88. The van der Waals surface area contributed by atoms with Gasteiger partial charge in [0.1, 0.15) is 18.5 Å². The first-order valence-corrected chi connectivity index (χ1v) is 6.36. The Labute approximate surface area is 122 Å². The third-order valence-corrected chi connectivity index (χ3v) is 2.79. The molecule has 1 aromatic carbocycles. The Morgan fingerprint density at radius 1 is 1.43 bits per heavy atom. The molecule has 0 aliphatic carbocycles. The van der Waals surface area contributed by atoms with Gasteiger partial charge in [0.05, 0.1) is 5.56 Å². The second kappa shape index (κ2) is 7.41. The molecule has 0 heterocycles. The van der Waals surface area contributed by atoms with Crippen LogP contribution >= 0.6 is 0 Å². The molecule has 112 valence electrons. The van der Waals surface area contributed by atoms with E-state index < -0.39 is 23.7 Å². The van der Waals surface area contributed by atoms with Crippen LogP contribution in [0.4, 0.5) is 4.39 Å². The summed E-state index contributed by atoms with van der Waals surface area (Å²) < 4.78 is 13.7. The van der Waals surface area contributed by atoms with Crippen LogP contribution in [0.5, 0.6) is 0 Å². The van der Waals surface area contributed by atoms with Gasteiger partial charge >= 0.3 is 0 Å². The standard InChI is InChI=1S/C15H17FN2O3/c1-9(2)13(14(17)20)18-15(21)11-6-5-10(4-3-7-19)12(16)8-11/h5-6,8-9,13,19H,7H2,1-2H3,(H2,17,20)(H,18,21). The van der Waals surface area contributed by atoms with E-state index in [4.69, 9.17) is 10.8 Å². The summed E-state index contributed by atoms with van der Waals surface area (Å²) >= 11 is 0. The number of nitrogens with two attached hydrogens (primary N) is 1. The highest BCUT2D eigenvalue weighted by Gasteiger charge is 2.22. The lowest BCUT2D eigenvalue weighted by Gasteiger charge is -2.18. The van der Waals surface area contributed by atoms with E-state index in [0.29, 0.717) is 0 Å². The average molecular weight is 292 g/mol. The second-order valence-electron chi connectivity index (χ2n) is 4.75. The number of rotatable bonds is 4. The number of hydrogen-bond donors (Lipinski definition) is 3. The van der Waals surface area contributed by atoms with Crippen LogP contribution in [0.25, 0.3) is 0 Å². The van der Waals surface area contributed by atoms with Crippen molar-refractivity contribution in [2.24, 2.45) is 11.7 Å². The summed E-state index contributed by atoms with van der Waals surface area (Å²) in [4.78, 5) is 23.2. The number of amides is 2. The Balaban J connectivity index is 2.93. The number of primary amides is 1. The Bertz CT molecular complexity index is 603. The van der Waals surface area contributed by atoms with Crippen molar-refractivity contribution in [3.63, 3.8) is 0 Å². The minimum Gasteiger partial charge on any atom is -0.384 e. The summed E-state index contributed by atoms with van der Waals surface area (Å²) in [6.07, 6.45) is 0. The highest BCUT2D eigenvalue weighted by atomic mass is 19.1. The molecule has 0 fully saturated rings. The van der Waals surface area contributed by atoms with Gasteiger partial charge in [0.25, 0.3) is 5.91 Å². The molecular weight excluding hydrogens is 275 g/mol. The molecule has 0 aliphatic heterocycles. The zero-order valence-electron chi connectivity index (χ0n) is 11.8. The first-order chi connectivity index (χ1) is 9.86. The van der Waals surface area contributed by atoms with Gasteiger partial charge in [-0.25, -0.2) is 4.39 Å². The number of nitrogens with one attached hydrogen (secondary N) is 1. The van der Waals surface area contributed by atoms with Crippen molar-refractivity contribution in [3.05, 3.63) is 35.1 Å². The molecule has 1 unspecified atom stereocenters. The van der Waals surface area contributed by atoms with Crippen LogP contribution in [0.2, 0.25) is 0 Å². The van der Waals surface area contributed by atoms with Crippen LogP contribution in [-0.4, -0.2) is 29.6 Å². The van der Waals surface area contributed by atoms with Gasteiger partial charge in [0.15, 0.2) is 0 Å². The summed E-state index contributed by atoms with van der Waals surface area (Å²) in [6.45, 7) is 3.10. The van der Waals surface area contributed by atoms with Gasteiger partial charge in [0, 0.05) is 5.56 Å². The molecule has 1 aromatic rings. The highest BCUT2D eigenvalue weighted by molar-refractivity contribution is 5.97. The smallest absolute Gasteiger partial charge is 0.252 e. The van der Waals surface area contributed by atoms with Gasteiger partial charge in [-0.05, 0) is 24.1 Å². The van der Waals surface area contributed by atoms with E-state index in [0.717, 1.165) is 6.07 Å². The molecule has 6 heteroatoms. The third-order valence-electron chi connectivity index (χ3n) is 2.79. The quantitative estimate of drug-likeness (QED) is 0.702. The summed E-state index contributed by atoms with van der Waals surface area (Å²) in [5.74, 6) is 2.65. The third kappa shape index (κ3) is 4.58. The van der Waals surface area contributed by atoms with Crippen LogP contribution in [-0.2, 0) is 4.79 Å². The molecule has 0 aliphatic rings. The van der Waals surface area contributed by atoms with Gasteiger partial charge in [-0.15, -0.1) is 0 Å². The molecule has 0 aromatic heterocycles. The molecule has 1 atom stereocenters. The number of carbonyl (C=O) groups excluding carboxylic acids is 2. The van der Waals surface area contributed by atoms with E-state index >= 15 is 0 Å². The van der Waals surface area contributed by atoms with Crippen molar-refractivity contribution in [2.45, 2.75) is 19.9 Å². The number of hydrogen-bond acceptors (Lipinski definition) is 3. The summed E-state index contributed by atoms with van der Waals surface area (Å²) in [6, 6.07) is 2.92. The lowest BCUT2D eigenvalue weighted by atomic mass is 10.0. The van der Waals surface area contributed by atoms with E-state index in [1.54, 1.807) is 13.8 Å². The van der Waals surface area contributed by atoms with Gasteiger partial charge < -0.3 is 16.2 Å². The van der Waals surface area contributed by atoms with Crippen molar-refractivity contribution in [1.82, 2.24) is 5.32 Å². The minimum absolute atomic E-state index is 0.0638. The molecule has 21 heavy (non-hydrogen) atoms. The van der Waals surface area contributed by atoms with Gasteiger partial charge in [-0.3, -0.25) is 9.59 Å². The average Bonchev–Trinajstić information content (AvgIpc) is 2.42. The predicted molar refractivity (Wildman–Crippen MR) is 75.7 cm³/mol. The number of carbonyl (C=O) groups is 2. The molecule has 0 radical (unpaired) electrons. The van der Waals surface area contributed by atoms with Crippen LogP contribution in [0.15, 0.2) is 18.2 Å².